The molecule has 2 heterocycles. The summed E-state index contributed by atoms with van der Waals surface area (Å²) < 4.78 is 5.77. The Morgan fingerprint density at radius 1 is 1.24 bits per heavy atom. The number of furan rings is 1. The van der Waals surface area contributed by atoms with Crippen molar-refractivity contribution in [2.24, 2.45) is 0 Å². The molecule has 0 saturated heterocycles. The minimum Gasteiger partial charge on any atom is -0.459 e. The number of carbonyl (C=O) groups excluding carboxylic acids is 1. The van der Waals surface area contributed by atoms with Gasteiger partial charge in [-0.05, 0) is 24.6 Å². The van der Waals surface area contributed by atoms with Gasteiger partial charge < -0.3 is 9.73 Å². The van der Waals surface area contributed by atoms with Gasteiger partial charge in [-0.2, -0.15) is 0 Å². The molecule has 3 rings (SSSR count). The molecule has 0 unspecified atom stereocenters. The van der Waals surface area contributed by atoms with Crippen LogP contribution in [0.5, 0.6) is 0 Å². The SMILES string of the molecule is Cc1c(CNC(=O)Cc2cccnc2)oc2ccccc12. The summed E-state index contributed by atoms with van der Waals surface area (Å²) in [5.74, 6) is 0.763. The van der Waals surface area contributed by atoms with Gasteiger partial charge in [0.05, 0.1) is 13.0 Å². The van der Waals surface area contributed by atoms with Gasteiger partial charge in [0.2, 0.25) is 5.91 Å². The maximum absolute atomic E-state index is 11.9. The topological polar surface area (TPSA) is 55.1 Å². The van der Waals surface area contributed by atoms with Crippen molar-refractivity contribution in [3.05, 3.63) is 65.7 Å². The number of hydrogen-bond acceptors (Lipinski definition) is 3. The van der Waals surface area contributed by atoms with Crippen LogP contribution in [0.1, 0.15) is 16.9 Å². The van der Waals surface area contributed by atoms with E-state index < -0.39 is 0 Å². The lowest BCUT2D eigenvalue weighted by Gasteiger charge is -2.04. The molecule has 3 aromatic rings. The summed E-state index contributed by atoms with van der Waals surface area (Å²) in [6.07, 6.45) is 3.72. The van der Waals surface area contributed by atoms with Crippen molar-refractivity contribution in [3.63, 3.8) is 0 Å². The molecule has 0 aliphatic rings. The molecule has 0 bridgehead atoms. The Balaban J connectivity index is 1.66. The summed E-state index contributed by atoms with van der Waals surface area (Å²) in [5.41, 5.74) is 2.83. The number of aryl methyl sites for hydroxylation is 1. The monoisotopic (exact) mass is 280 g/mol. The maximum Gasteiger partial charge on any atom is 0.224 e. The van der Waals surface area contributed by atoms with Gasteiger partial charge in [0, 0.05) is 23.3 Å². The van der Waals surface area contributed by atoms with Gasteiger partial charge in [0.25, 0.3) is 0 Å². The molecule has 1 amide bonds. The molecule has 1 aromatic carbocycles. The summed E-state index contributed by atoms with van der Waals surface area (Å²) in [6, 6.07) is 11.6. The van der Waals surface area contributed by atoms with Crippen molar-refractivity contribution in [1.29, 1.82) is 0 Å². The van der Waals surface area contributed by atoms with Gasteiger partial charge in [-0.25, -0.2) is 0 Å². The fourth-order valence-corrected chi connectivity index (χ4v) is 2.32. The average Bonchev–Trinajstić information content (AvgIpc) is 2.83. The number of amides is 1. The standard InChI is InChI=1S/C17H16N2O2/c1-12-14-6-2-3-7-15(14)21-16(12)11-19-17(20)9-13-5-4-8-18-10-13/h2-8,10H,9,11H2,1H3,(H,19,20). The van der Waals surface area contributed by atoms with Crippen LogP contribution in [0.15, 0.2) is 53.2 Å². The Bertz CT molecular complexity index is 763. The molecule has 1 N–H and O–H groups in total. The fourth-order valence-electron chi connectivity index (χ4n) is 2.32. The lowest BCUT2D eigenvalue weighted by molar-refractivity contribution is -0.120. The molecule has 0 spiro atoms. The normalized spacial score (nSPS) is 10.7. The summed E-state index contributed by atoms with van der Waals surface area (Å²) in [6.45, 7) is 2.41. The number of rotatable bonds is 4. The molecule has 4 heteroatoms. The zero-order valence-electron chi connectivity index (χ0n) is 11.8. The Kier molecular flexibility index (Phi) is 3.69. The van der Waals surface area contributed by atoms with E-state index >= 15 is 0 Å². The predicted octanol–water partition coefficient (Wildman–Crippen LogP) is 3.00. The van der Waals surface area contributed by atoms with E-state index in [4.69, 9.17) is 4.42 Å². The van der Waals surface area contributed by atoms with Crippen LogP contribution in [0, 0.1) is 6.92 Å². The zero-order chi connectivity index (χ0) is 14.7. The minimum absolute atomic E-state index is 0.0390. The molecule has 0 saturated carbocycles. The number of carbonyl (C=O) groups is 1. The largest absolute Gasteiger partial charge is 0.459 e. The van der Waals surface area contributed by atoms with Gasteiger partial charge in [0.1, 0.15) is 11.3 Å². The van der Waals surface area contributed by atoms with E-state index in [-0.39, 0.29) is 5.91 Å². The Morgan fingerprint density at radius 3 is 2.86 bits per heavy atom. The Morgan fingerprint density at radius 2 is 2.10 bits per heavy atom. The lowest BCUT2D eigenvalue weighted by atomic mass is 10.1. The third-order valence-electron chi connectivity index (χ3n) is 3.48. The van der Waals surface area contributed by atoms with E-state index in [0.29, 0.717) is 13.0 Å². The van der Waals surface area contributed by atoms with Crippen LogP contribution >= 0.6 is 0 Å². The second-order valence-corrected chi connectivity index (χ2v) is 4.96. The molecular formula is C17H16N2O2. The predicted molar refractivity (Wildman–Crippen MR) is 80.7 cm³/mol. The molecule has 0 aliphatic heterocycles. The second kappa shape index (κ2) is 5.79. The number of para-hydroxylation sites is 1. The number of hydrogen-bond donors (Lipinski definition) is 1. The first-order valence-electron chi connectivity index (χ1n) is 6.86. The summed E-state index contributed by atoms with van der Waals surface area (Å²) in [5, 5.41) is 3.98. The maximum atomic E-state index is 11.9. The third kappa shape index (κ3) is 2.94. The minimum atomic E-state index is -0.0390. The van der Waals surface area contributed by atoms with E-state index in [9.17, 15) is 4.79 Å². The van der Waals surface area contributed by atoms with Gasteiger partial charge in [0.15, 0.2) is 0 Å². The highest BCUT2D eigenvalue weighted by Crippen LogP contribution is 2.24. The first-order valence-corrected chi connectivity index (χ1v) is 6.86. The quantitative estimate of drug-likeness (QED) is 0.799. The van der Waals surface area contributed by atoms with E-state index in [1.165, 1.54) is 0 Å². The summed E-state index contributed by atoms with van der Waals surface area (Å²) >= 11 is 0. The van der Waals surface area contributed by atoms with Gasteiger partial charge in [-0.3, -0.25) is 9.78 Å². The second-order valence-electron chi connectivity index (χ2n) is 4.96. The molecule has 0 atom stereocenters. The Hall–Kier alpha value is -2.62. The highest BCUT2D eigenvalue weighted by molar-refractivity contribution is 5.82. The van der Waals surface area contributed by atoms with Crippen LogP contribution in [-0.2, 0) is 17.8 Å². The van der Waals surface area contributed by atoms with Crippen LogP contribution in [-0.4, -0.2) is 10.9 Å². The number of aromatic nitrogens is 1. The van der Waals surface area contributed by atoms with Crippen molar-refractivity contribution in [2.45, 2.75) is 19.9 Å². The molecule has 21 heavy (non-hydrogen) atoms. The molecule has 2 aromatic heterocycles. The first kappa shape index (κ1) is 13.4. The molecule has 106 valence electrons. The van der Waals surface area contributed by atoms with E-state index in [0.717, 1.165) is 27.9 Å². The molecule has 0 radical (unpaired) electrons. The lowest BCUT2D eigenvalue weighted by Crippen LogP contribution is -2.24. The van der Waals surface area contributed by atoms with Gasteiger partial charge in [-0.1, -0.05) is 24.3 Å². The first-order chi connectivity index (χ1) is 10.2. The zero-order valence-corrected chi connectivity index (χ0v) is 11.8. The highest BCUT2D eigenvalue weighted by atomic mass is 16.3. The molecular weight excluding hydrogens is 264 g/mol. The smallest absolute Gasteiger partial charge is 0.224 e. The van der Waals surface area contributed by atoms with Crippen molar-refractivity contribution in [3.8, 4) is 0 Å². The van der Waals surface area contributed by atoms with Crippen LogP contribution < -0.4 is 5.32 Å². The summed E-state index contributed by atoms with van der Waals surface area (Å²) in [4.78, 5) is 15.9. The van der Waals surface area contributed by atoms with Crippen molar-refractivity contribution < 1.29 is 9.21 Å². The highest BCUT2D eigenvalue weighted by Gasteiger charge is 2.11. The van der Waals surface area contributed by atoms with Crippen molar-refractivity contribution in [2.75, 3.05) is 0 Å². The van der Waals surface area contributed by atoms with Gasteiger partial charge in [-0.15, -0.1) is 0 Å². The summed E-state index contributed by atoms with van der Waals surface area (Å²) in [7, 11) is 0. The van der Waals surface area contributed by atoms with E-state index in [2.05, 4.69) is 10.3 Å². The number of pyridine rings is 1. The van der Waals surface area contributed by atoms with Crippen LogP contribution in [0.2, 0.25) is 0 Å². The average molecular weight is 280 g/mol. The number of nitrogens with one attached hydrogen (secondary N) is 1. The third-order valence-corrected chi connectivity index (χ3v) is 3.48. The molecule has 0 fully saturated rings. The van der Waals surface area contributed by atoms with Crippen LogP contribution in [0.25, 0.3) is 11.0 Å². The van der Waals surface area contributed by atoms with Crippen molar-refractivity contribution >= 4 is 16.9 Å². The molecule has 0 aliphatic carbocycles. The van der Waals surface area contributed by atoms with E-state index in [1.54, 1.807) is 12.4 Å². The molecule has 4 nitrogen and oxygen atoms in total. The number of benzene rings is 1. The number of nitrogens with zero attached hydrogens (tertiary/aromatic N) is 1. The van der Waals surface area contributed by atoms with E-state index in [1.807, 2.05) is 43.3 Å². The van der Waals surface area contributed by atoms with Crippen molar-refractivity contribution in [1.82, 2.24) is 10.3 Å². The van der Waals surface area contributed by atoms with Crippen LogP contribution in [0.4, 0.5) is 0 Å². The van der Waals surface area contributed by atoms with Gasteiger partial charge >= 0.3 is 0 Å². The fraction of sp³-hybridized carbons (Fsp3) is 0.176. The Labute approximate surface area is 122 Å². The van der Waals surface area contributed by atoms with Crippen LogP contribution in [0.3, 0.4) is 0 Å². The number of fused-ring (bicyclic) bond motifs is 1.